The summed E-state index contributed by atoms with van der Waals surface area (Å²) in [6.07, 6.45) is 3.13. The van der Waals surface area contributed by atoms with Crippen LogP contribution in [0, 0.1) is 5.92 Å². The molecular weight excluding hydrogens is 292 g/mol. The van der Waals surface area contributed by atoms with Crippen LogP contribution in [0.1, 0.15) is 19.3 Å². The smallest absolute Gasteiger partial charge is 0.307 e. The highest BCUT2D eigenvalue weighted by molar-refractivity contribution is 7.87. The number of hydrogen-bond donors (Lipinski definition) is 2. The predicted octanol–water partition coefficient (Wildman–Crippen LogP) is -0.614. The van der Waals surface area contributed by atoms with Crippen LogP contribution in [0.3, 0.4) is 0 Å². The number of carboxylic acids is 1. The van der Waals surface area contributed by atoms with Crippen molar-refractivity contribution in [2.24, 2.45) is 5.92 Å². The number of carbonyl (C=O) groups is 1. The van der Waals surface area contributed by atoms with Crippen molar-refractivity contribution in [3.8, 4) is 0 Å². The number of hydrogen-bond acceptors (Lipinski definition) is 4. The first-order chi connectivity index (χ1) is 8.83. The molecule has 2 unspecified atom stereocenters. The molecule has 7 nitrogen and oxygen atoms in total. The third kappa shape index (κ3) is 5.55. The van der Waals surface area contributed by atoms with Gasteiger partial charge in [0, 0.05) is 42.4 Å². The highest BCUT2D eigenvalue weighted by Crippen LogP contribution is 2.18. The zero-order valence-corrected chi connectivity index (χ0v) is 12.5. The highest BCUT2D eigenvalue weighted by atomic mass is 32.2. The molecule has 19 heavy (non-hydrogen) atoms. The number of aliphatic carboxylic acids is 1. The number of nitrogens with zero attached hydrogens (tertiary/aromatic N) is 1. The van der Waals surface area contributed by atoms with E-state index in [1.54, 1.807) is 6.26 Å². The van der Waals surface area contributed by atoms with Gasteiger partial charge >= 0.3 is 5.97 Å². The first-order valence-electron chi connectivity index (χ1n) is 6.10. The molecular formula is C10H20N2O5S2. The van der Waals surface area contributed by atoms with E-state index in [2.05, 4.69) is 4.72 Å². The molecule has 0 aromatic rings. The Morgan fingerprint density at radius 2 is 2.21 bits per heavy atom. The number of piperidine rings is 1. The Morgan fingerprint density at radius 1 is 1.53 bits per heavy atom. The molecule has 1 saturated heterocycles. The average Bonchev–Trinajstić information content (AvgIpc) is 2.34. The lowest BCUT2D eigenvalue weighted by Gasteiger charge is -2.29. The zero-order chi connectivity index (χ0) is 14.5. The van der Waals surface area contributed by atoms with Crippen LogP contribution in [0.15, 0.2) is 0 Å². The van der Waals surface area contributed by atoms with E-state index in [1.165, 1.54) is 4.31 Å². The Balaban J connectivity index is 2.47. The highest BCUT2D eigenvalue weighted by Gasteiger charge is 2.31. The second kappa shape index (κ2) is 7.32. The van der Waals surface area contributed by atoms with Crippen LogP contribution in [0.2, 0.25) is 0 Å². The molecule has 1 aliphatic rings. The van der Waals surface area contributed by atoms with Gasteiger partial charge in [0.1, 0.15) is 0 Å². The summed E-state index contributed by atoms with van der Waals surface area (Å²) in [6.45, 7) is 0.583. The minimum atomic E-state index is -3.63. The minimum absolute atomic E-state index is 0.0182. The van der Waals surface area contributed by atoms with Gasteiger partial charge in [-0.25, -0.2) is 4.72 Å². The maximum absolute atomic E-state index is 11.9. The summed E-state index contributed by atoms with van der Waals surface area (Å²) >= 11 is 0. The molecule has 2 N–H and O–H groups in total. The van der Waals surface area contributed by atoms with Crippen molar-refractivity contribution in [2.75, 3.05) is 31.6 Å². The largest absolute Gasteiger partial charge is 0.481 e. The third-order valence-corrected chi connectivity index (χ3v) is 5.41. The maximum atomic E-state index is 11.9. The van der Waals surface area contributed by atoms with Crippen molar-refractivity contribution in [1.29, 1.82) is 0 Å². The van der Waals surface area contributed by atoms with Crippen molar-refractivity contribution in [3.63, 3.8) is 0 Å². The molecule has 0 saturated carbocycles. The molecule has 1 fully saturated rings. The van der Waals surface area contributed by atoms with Crippen LogP contribution in [0.25, 0.3) is 0 Å². The van der Waals surface area contributed by atoms with Crippen LogP contribution >= 0.6 is 0 Å². The first kappa shape index (κ1) is 16.5. The fraction of sp³-hybridized carbons (Fsp3) is 0.900. The van der Waals surface area contributed by atoms with Crippen LogP contribution in [-0.2, 0) is 25.8 Å². The van der Waals surface area contributed by atoms with E-state index in [0.29, 0.717) is 31.6 Å². The molecule has 0 radical (unpaired) electrons. The molecule has 112 valence electrons. The molecule has 2 atom stereocenters. The normalized spacial score (nSPS) is 23.1. The fourth-order valence-electron chi connectivity index (χ4n) is 1.93. The Labute approximate surface area is 116 Å². The van der Waals surface area contributed by atoms with Crippen molar-refractivity contribution < 1.29 is 22.5 Å². The Morgan fingerprint density at radius 3 is 2.79 bits per heavy atom. The van der Waals surface area contributed by atoms with Crippen LogP contribution < -0.4 is 4.72 Å². The second-order valence-corrected chi connectivity index (χ2v) is 7.88. The summed E-state index contributed by atoms with van der Waals surface area (Å²) in [5.74, 6) is -1.14. The predicted molar refractivity (Wildman–Crippen MR) is 72.4 cm³/mol. The van der Waals surface area contributed by atoms with E-state index in [1.807, 2.05) is 0 Å². The number of carboxylic acid groups (broad SMARTS) is 1. The van der Waals surface area contributed by atoms with Gasteiger partial charge in [-0.2, -0.15) is 12.7 Å². The zero-order valence-electron chi connectivity index (χ0n) is 10.9. The fourth-order valence-corrected chi connectivity index (χ4v) is 3.81. The third-order valence-electron chi connectivity index (χ3n) is 2.97. The molecule has 1 aliphatic heterocycles. The summed E-state index contributed by atoms with van der Waals surface area (Å²) < 4.78 is 38.3. The summed E-state index contributed by atoms with van der Waals surface area (Å²) in [5, 5.41) is 8.92. The van der Waals surface area contributed by atoms with Crippen molar-refractivity contribution >= 4 is 27.0 Å². The molecule has 0 bridgehead atoms. The summed E-state index contributed by atoms with van der Waals surface area (Å²) in [5.41, 5.74) is 0. The number of nitrogens with one attached hydrogen (secondary N) is 1. The van der Waals surface area contributed by atoms with E-state index >= 15 is 0 Å². The van der Waals surface area contributed by atoms with Crippen LogP contribution in [0.4, 0.5) is 0 Å². The van der Waals surface area contributed by atoms with Gasteiger partial charge in [0.15, 0.2) is 0 Å². The van der Waals surface area contributed by atoms with Gasteiger partial charge in [-0.1, -0.05) is 0 Å². The summed E-state index contributed by atoms with van der Waals surface area (Å²) in [4.78, 5) is 10.9. The molecule has 1 rings (SSSR count). The first-order valence-corrected chi connectivity index (χ1v) is 9.27. The number of rotatable bonds is 7. The standard InChI is InChI=1S/C10H20N2O5S2/c1-18(15)7-3-5-11-19(16,17)12-6-2-4-9(8-12)10(13)14/h9,11H,2-8H2,1H3,(H,13,14). The lowest BCUT2D eigenvalue weighted by Crippen LogP contribution is -2.47. The quantitative estimate of drug-likeness (QED) is 0.610. The molecule has 0 aromatic heterocycles. The van der Waals surface area contributed by atoms with Gasteiger partial charge in [-0.15, -0.1) is 0 Å². The van der Waals surface area contributed by atoms with E-state index in [9.17, 15) is 17.4 Å². The molecule has 0 amide bonds. The van der Waals surface area contributed by atoms with E-state index in [4.69, 9.17) is 5.11 Å². The van der Waals surface area contributed by atoms with E-state index in [0.717, 1.165) is 0 Å². The van der Waals surface area contributed by atoms with Gasteiger partial charge in [-0.05, 0) is 19.3 Å². The van der Waals surface area contributed by atoms with Gasteiger partial charge in [0.05, 0.1) is 5.92 Å². The van der Waals surface area contributed by atoms with Gasteiger partial charge in [0.2, 0.25) is 0 Å². The van der Waals surface area contributed by atoms with Crippen LogP contribution in [0.5, 0.6) is 0 Å². The van der Waals surface area contributed by atoms with Gasteiger partial charge < -0.3 is 5.11 Å². The van der Waals surface area contributed by atoms with E-state index < -0.39 is 32.9 Å². The Bertz CT molecular complexity index is 437. The second-order valence-electron chi connectivity index (χ2n) is 4.57. The summed E-state index contributed by atoms with van der Waals surface area (Å²) in [7, 11) is -4.56. The lowest BCUT2D eigenvalue weighted by atomic mass is 10.0. The maximum Gasteiger partial charge on any atom is 0.307 e. The molecule has 1 heterocycles. The Hall–Kier alpha value is -0.510. The molecule has 9 heteroatoms. The van der Waals surface area contributed by atoms with Crippen molar-refractivity contribution in [2.45, 2.75) is 19.3 Å². The average molecular weight is 312 g/mol. The molecule has 0 aliphatic carbocycles. The molecule has 0 aromatic carbocycles. The SMILES string of the molecule is CS(=O)CCCNS(=O)(=O)N1CCCC(C(=O)O)C1. The van der Waals surface area contributed by atoms with Crippen molar-refractivity contribution in [3.05, 3.63) is 0 Å². The monoisotopic (exact) mass is 312 g/mol. The topological polar surface area (TPSA) is 104 Å². The minimum Gasteiger partial charge on any atom is -0.481 e. The van der Waals surface area contributed by atoms with Gasteiger partial charge in [-0.3, -0.25) is 9.00 Å². The Kier molecular flexibility index (Phi) is 6.37. The lowest BCUT2D eigenvalue weighted by molar-refractivity contribution is -0.142. The van der Waals surface area contributed by atoms with Crippen LogP contribution in [-0.4, -0.2) is 59.7 Å². The van der Waals surface area contributed by atoms with Gasteiger partial charge in [0.25, 0.3) is 10.2 Å². The summed E-state index contributed by atoms with van der Waals surface area (Å²) in [6, 6.07) is 0. The molecule has 0 spiro atoms. The van der Waals surface area contributed by atoms with E-state index in [-0.39, 0.29) is 13.1 Å². The van der Waals surface area contributed by atoms with Crippen molar-refractivity contribution in [1.82, 2.24) is 9.03 Å².